The van der Waals surface area contributed by atoms with Crippen LogP contribution in [0.5, 0.6) is 5.75 Å². The third kappa shape index (κ3) is 3.46. The molecule has 22 heavy (non-hydrogen) atoms. The molecule has 0 spiro atoms. The van der Waals surface area contributed by atoms with Crippen LogP contribution in [0.25, 0.3) is 0 Å². The van der Waals surface area contributed by atoms with Crippen LogP contribution in [-0.4, -0.2) is 42.1 Å². The number of halogens is 1. The summed E-state index contributed by atoms with van der Waals surface area (Å²) in [5, 5.41) is 3.61. The molecule has 0 saturated carbocycles. The summed E-state index contributed by atoms with van der Waals surface area (Å²) in [7, 11) is 0. The average Bonchev–Trinajstić information content (AvgIpc) is 2.77. The van der Waals surface area contributed by atoms with E-state index in [9.17, 15) is 4.79 Å². The zero-order valence-electron chi connectivity index (χ0n) is 13.1. The second kappa shape index (κ2) is 6.59. The van der Waals surface area contributed by atoms with Gasteiger partial charge in [-0.15, -0.1) is 0 Å². The van der Waals surface area contributed by atoms with Gasteiger partial charge in [-0.1, -0.05) is 15.9 Å². The third-order valence-corrected chi connectivity index (χ3v) is 4.84. The molecule has 0 aromatic heterocycles. The fourth-order valence-corrected chi connectivity index (χ4v) is 3.66. The van der Waals surface area contributed by atoms with E-state index in [0.29, 0.717) is 23.4 Å². The van der Waals surface area contributed by atoms with Crippen LogP contribution in [0.3, 0.4) is 0 Å². The molecule has 5 heteroatoms. The van der Waals surface area contributed by atoms with Crippen molar-refractivity contribution in [3.63, 3.8) is 0 Å². The van der Waals surface area contributed by atoms with Crippen molar-refractivity contribution in [1.82, 2.24) is 10.2 Å². The minimum Gasteiger partial charge on any atom is -0.490 e. The molecule has 2 aliphatic heterocycles. The number of rotatable bonds is 3. The van der Waals surface area contributed by atoms with Gasteiger partial charge in [-0.05, 0) is 51.3 Å². The van der Waals surface area contributed by atoms with E-state index in [2.05, 4.69) is 21.2 Å². The molecule has 0 radical (unpaired) electrons. The first-order valence-electron chi connectivity index (χ1n) is 8.04. The van der Waals surface area contributed by atoms with Crippen LogP contribution < -0.4 is 10.1 Å². The molecule has 2 unspecified atom stereocenters. The maximum absolute atomic E-state index is 12.9. The van der Waals surface area contributed by atoms with Crippen molar-refractivity contribution in [2.45, 2.75) is 51.3 Å². The SMILES string of the molecule is CC(C)Oc1cc(Br)ccc1C(=O)N1CCC2CCC(C1)N2. The molecule has 3 rings (SSSR count). The molecule has 1 N–H and O–H groups in total. The molecule has 2 heterocycles. The van der Waals surface area contributed by atoms with Gasteiger partial charge in [0.05, 0.1) is 11.7 Å². The molecule has 2 atom stereocenters. The Morgan fingerprint density at radius 1 is 1.32 bits per heavy atom. The van der Waals surface area contributed by atoms with Crippen LogP contribution in [0.4, 0.5) is 0 Å². The predicted molar refractivity (Wildman–Crippen MR) is 90.4 cm³/mol. The summed E-state index contributed by atoms with van der Waals surface area (Å²) in [6, 6.07) is 6.68. The zero-order chi connectivity index (χ0) is 15.7. The second-order valence-electron chi connectivity index (χ2n) is 6.48. The van der Waals surface area contributed by atoms with Crippen molar-refractivity contribution in [3.8, 4) is 5.75 Å². The van der Waals surface area contributed by atoms with Gasteiger partial charge in [0.1, 0.15) is 5.75 Å². The van der Waals surface area contributed by atoms with Gasteiger partial charge in [0.2, 0.25) is 0 Å². The molecule has 2 saturated heterocycles. The highest BCUT2D eigenvalue weighted by Crippen LogP contribution is 2.28. The highest BCUT2D eigenvalue weighted by Gasteiger charge is 2.32. The Morgan fingerprint density at radius 2 is 2.09 bits per heavy atom. The Morgan fingerprint density at radius 3 is 2.86 bits per heavy atom. The number of carbonyl (C=O) groups excluding carboxylic acids is 1. The number of amides is 1. The van der Waals surface area contributed by atoms with Gasteiger partial charge in [0.15, 0.2) is 0 Å². The van der Waals surface area contributed by atoms with E-state index in [-0.39, 0.29) is 12.0 Å². The molecule has 1 aromatic carbocycles. The first-order chi connectivity index (χ1) is 10.5. The lowest BCUT2D eigenvalue weighted by Crippen LogP contribution is -2.39. The Bertz CT molecular complexity index is 562. The zero-order valence-corrected chi connectivity index (χ0v) is 14.7. The van der Waals surface area contributed by atoms with Crippen LogP contribution in [0.2, 0.25) is 0 Å². The first kappa shape index (κ1) is 15.8. The molecule has 0 aliphatic carbocycles. The third-order valence-electron chi connectivity index (χ3n) is 4.35. The molecule has 2 bridgehead atoms. The molecular weight excluding hydrogens is 344 g/mol. The molecule has 2 aliphatic rings. The van der Waals surface area contributed by atoms with Crippen LogP contribution in [-0.2, 0) is 0 Å². The highest BCUT2D eigenvalue weighted by atomic mass is 79.9. The number of hydrogen-bond acceptors (Lipinski definition) is 3. The summed E-state index contributed by atoms with van der Waals surface area (Å²) in [6.07, 6.45) is 3.50. The summed E-state index contributed by atoms with van der Waals surface area (Å²) < 4.78 is 6.77. The van der Waals surface area contributed by atoms with Gasteiger partial charge >= 0.3 is 0 Å². The lowest BCUT2D eigenvalue weighted by molar-refractivity contribution is 0.0742. The Hall–Kier alpha value is -1.07. The maximum atomic E-state index is 12.9. The molecule has 4 nitrogen and oxygen atoms in total. The first-order valence-corrected chi connectivity index (χ1v) is 8.84. The molecular formula is C17H23BrN2O2. The van der Waals surface area contributed by atoms with E-state index in [0.717, 1.165) is 24.0 Å². The highest BCUT2D eigenvalue weighted by molar-refractivity contribution is 9.10. The monoisotopic (exact) mass is 366 g/mol. The lowest BCUT2D eigenvalue weighted by Gasteiger charge is -2.25. The van der Waals surface area contributed by atoms with Gasteiger partial charge in [0, 0.05) is 29.6 Å². The van der Waals surface area contributed by atoms with Gasteiger partial charge in [-0.2, -0.15) is 0 Å². The van der Waals surface area contributed by atoms with Crippen LogP contribution in [0, 0.1) is 0 Å². The topological polar surface area (TPSA) is 41.6 Å². The van der Waals surface area contributed by atoms with E-state index in [1.54, 1.807) is 0 Å². The lowest BCUT2D eigenvalue weighted by atomic mass is 10.1. The number of likely N-dealkylation sites (tertiary alicyclic amines) is 1. The number of nitrogens with zero attached hydrogens (tertiary/aromatic N) is 1. The summed E-state index contributed by atoms with van der Waals surface area (Å²) in [5.74, 6) is 0.745. The number of hydrogen-bond donors (Lipinski definition) is 1. The van der Waals surface area contributed by atoms with Gasteiger partial charge in [0.25, 0.3) is 5.91 Å². The average molecular weight is 367 g/mol. The predicted octanol–water partition coefficient (Wildman–Crippen LogP) is 3.20. The molecule has 2 fully saturated rings. The van der Waals surface area contributed by atoms with E-state index < -0.39 is 0 Å². The van der Waals surface area contributed by atoms with E-state index in [1.807, 2.05) is 36.9 Å². The Kier molecular flexibility index (Phi) is 4.73. The van der Waals surface area contributed by atoms with E-state index >= 15 is 0 Å². The minimum absolute atomic E-state index is 0.0441. The number of nitrogens with one attached hydrogen (secondary N) is 1. The quantitative estimate of drug-likeness (QED) is 0.892. The van der Waals surface area contributed by atoms with Crippen molar-refractivity contribution < 1.29 is 9.53 Å². The van der Waals surface area contributed by atoms with E-state index in [4.69, 9.17) is 4.74 Å². The minimum atomic E-state index is 0.0441. The smallest absolute Gasteiger partial charge is 0.257 e. The molecule has 1 aromatic rings. The summed E-state index contributed by atoms with van der Waals surface area (Å²) in [4.78, 5) is 14.9. The van der Waals surface area contributed by atoms with Crippen LogP contribution >= 0.6 is 15.9 Å². The number of fused-ring (bicyclic) bond motifs is 2. The molecule has 120 valence electrons. The van der Waals surface area contributed by atoms with Crippen molar-refractivity contribution in [2.24, 2.45) is 0 Å². The van der Waals surface area contributed by atoms with Gasteiger partial charge in [-0.25, -0.2) is 0 Å². The number of ether oxygens (including phenoxy) is 1. The fraction of sp³-hybridized carbons (Fsp3) is 0.588. The van der Waals surface area contributed by atoms with Gasteiger partial charge < -0.3 is 15.0 Å². The maximum Gasteiger partial charge on any atom is 0.257 e. The van der Waals surface area contributed by atoms with Gasteiger partial charge in [-0.3, -0.25) is 4.79 Å². The van der Waals surface area contributed by atoms with Crippen LogP contribution in [0.15, 0.2) is 22.7 Å². The Balaban J connectivity index is 1.82. The molecule has 1 amide bonds. The Labute approximate surface area is 140 Å². The number of benzene rings is 1. The second-order valence-corrected chi connectivity index (χ2v) is 7.40. The van der Waals surface area contributed by atoms with Crippen LogP contribution in [0.1, 0.15) is 43.5 Å². The normalized spacial score (nSPS) is 24.5. The fourth-order valence-electron chi connectivity index (χ4n) is 3.32. The standard InChI is InChI=1S/C17H23BrN2O2/c1-11(2)22-16-9-12(18)3-6-15(16)17(21)20-8-7-13-4-5-14(10-20)19-13/h3,6,9,11,13-14,19H,4-5,7-8,10H2,1-2H3. The summed E-state index contributed by atoms with van der Waals surface area (Å²) >= 11 is 3.46. The number of carbonyl (C=O) groups is 1. The van der Waals surface area contributed by atoms with Crippen molar-refractivity contribution in [1.29, 1.82) is 0 Å². The van der Waals surface area contributed by atoms with Crippen molar-refractivity contribution >= 4 is 21.8 Å². The largest absolute Gasteiger partial charge is 0.490 e. The van der Waals surface area contributed by atoms with Crippen molar-refractivity contribution in [3.05, 3.63) is 28.2 Å². The summed E-state index contributed by atoms with van der Waals surface area (Å²) in [6.45, 7) is 5.57. The van der Waals surface area contributed by atoms with Crippen molar-refractivity contribution in [2.75, 3.05) is 13.1 Å². The summed E-state index contributed by atoms with van der Waals surface area (Å²) in [5.41, 5.74) is 0.662. The van der Waals surface area contributed by atoms with E-state index in [1.165, 1.54) is 12.8 Å².